The van der Waals surface area contributed by atoms with Gasteiger partial charge in [0.1, 0.15) is 11.3 Å². The summed E-state index contributed by atoms with van der Waals surface area (Å²) in [5, 5.41) is 3.22. The Balaban J connectivity index is 1.25. The number of amides is 2. The van der Waals surface area contributed by atoms with E-state index in [1.807, 2.05) is 48.4 Å². The molecule has 28 heavy (non-hydrogen) atoms. The molecule has 7 heteroatoms. The number of carbonyl (C=O) groups excluding carboxylic acids is 2. The van der Waals surface area contributed by atoms with Crippen molar-refractivity contribution in [3.8, 4) is 0 Å². The smallest absolute Gasteiger partial charge is 0.270 e. The van der Waals surface area contributed by atoms with Crippen LogP contribution in [0, 0.1) is 12.8 Å². The van der Waals surface area contributed by atoms with Crippen LogP contribution in [0.4, 0.5) is 0 Å². The Morgan fingerprint density at radius 3 is 2.64 bits per heavy atom. The van der Waals surface area contributed by atoms with Gasteiger partial charge in [-0.2, -0.15) is 0 Å². The van der Waals surface area contributed by atoms with E-state index in [4.69, 9.17) is 0 Å². The Kier molecular flexibility index (Phi) is 3.72. The third-order valence-electron chi connectivity index (χ3n) is 5.91. The topological polar surface area (TPSA) is 79.6 Å². The van der Waals surface area contributed by atoms with E-state index in [1.165, 1.54) is 0 Å². The maximum Gasteiger partial charge on any atom is 0.270 e. The summed E-state index contributed by atoms with van der Waals surface area (Å²) in [5.74, 6) is 0.189. The minimum absolute atomic E-state index is 0.00709. The quantitative estimate of drug-likeness (QED) is 0.757. The first kappa shape index (κ1) is 16.9. The highest BCUT2D eigenvalue weighted by atomic mass is 16.2. The van der Waals surface area contributed by atoms with Crippen LogP contribution in [-0.4, -0.2) is 49.7 Å². The van der Waals surface area contributed by atoms with Crippen molar-refractivity contribution < 1.29 is 9.59 Å². The Bertz CT molecular complexity index is 1060. The number of nitrogens with zero attached hydrogens (tertiary/aromatic N) is 4. The number of fused-ring (bicyclic) bond motifs is 1. The van der Waals surface area contributed by atoms with Crippen molar-refractivity contribution in [1.29, 1.82) is 0 Å². The van der Waals surface area contributed by atoms with Gasteiger partial charge in [0.15, 0.2) is 0 Å². The normalized spacial score (nSPS) is 18.0. The number of pyridine rings is 2. The average Bonchev–Trinajstić information content (AvgIpc) is 3.28. The molecular formula is C21H21N5O2. The van der Waals surface area contributed by atoms with Crippen molar-refractivity contribution in [3.63, 3.8) is 0 Å². The largest absolute Gasteiger partial charge is 0.345 e. The molecule has 2 amide bonds. The van der Waals surface area contributed by atoms with E-state index in [1.54, 1.807) is 16.8 Å². The summed E-state index contributed by atoms with van der Waals surface area (Å²) >= 11 is 0. The van der Waals surface area contributed by atoms with Gasteiger partial charge in [-0.1, -0.05) is 6.07 Å². The number of hydrogen-bond donors (Lipinski definition) is 1. The number of nitrogens with one attached hydrogen (secondary N) is 1. The molecule has 142 valence electrons. The SMILES string of the molecule is Cc1ccc(C(=O)N2CC(C3(NC(=O)c4cnc5ccccn45)CC3)C2)cn1. The average molecular weight is 375 g/mol. The van der Waals surface area contributed by atoms with Crippen LogP contribution in [-0.2, 0) is 0 Å². The summed E-state index contributed by atoms with van der Waals surface area (Å²) in [6.45, 7) is 3.23. The molecule has 1 saturated heterocycles. The van der Waals surface area contributed by atoms with Crippen LogP contribution in [0.2, 0.25) is 0 Å². The van der Waals surface area contributed by atoms with Gasteiger partial charge in [-0.15, -0.1) is 0 Å². The fourth-order valence-corrected chi connectivity index (χ4v) is 3.93. The van der Waals surface area contributed by atoms with E-state index in [9.17, 15) is 9.59 Å². The molecule has 3 aromatic rings. The van der Waals surface area contributed by atoms with E-state index in [0.717, 1.165) is 24.2 Å². The molecule has 0 aromatic carbocycles. The molecule has 1 aliphatic heterocycles. The van der Waals surface area contributed by atoms with Crippen LogP contribution in [0.3, 0.4) is 0 Å². The van der Waals surface area contributed by atoms with Gasteiger partial charge < -0.3 is 10.2 Å². The first-order chi connectivity index (χ1) is 13.6. The monoisotopic (exact) mass is 375 g/mol. The summed E-state index contributed by atoms with van der Waals surface area (Å²) in [6, 6.07) is 9.32. The van der Waals surface area contributed by atoms with Gasteiger partial charge in [-0.25, -0.2) is 4.98 Å². The zero-order valence-corrected chi connectivity index (χ0v) is 15.6. The zero-order valence-electron chi connectivity index (χ0n) is 15.6. The van der Waals surface area contributed by atoms with E-state index >= 15 is 0 Å². The van der Waals surface area contributed by atoms with Crippen molar-refractivity contribution in [1.82, 2.24) is 24.6 Å². The second kappa shape index (κ2) is 6.15. The number of hydrogen-bond acceptors (Lipinski definition) is 4. The van der Waals surface area contributed by atoms with Crippen LogP contribution in [0.25, 0.3) is 5.65 Å². The fourth-order valence-electron chi connectivity index (χ4n) is 3.93. The van der Waals surface area contributed by atoms with E-state index in [0.29, 0.717) is 24.3 Å². The predicted molar refractivity (Wildman–Crippen MR) is 103 cm³/mol. The molecule has 7 nitrogen and oxygen atoms in total. The zero-order chi connectivity index (χ0) is 19.3. The standard InChI is InChI=1S/C21H21N5O2/c1-14-5-6-15(10-22-14)20(28)25-12-16(13-25)21(7-8-21)24-19(27)17-11-23-18-4-2-3-9-26(17)18/h2-6,9-11,16H,7-8,12-13H2,1H3,(H,24,27). The molecule has 0 spiro atoms. The lowest BCUT2D eigenvalue weighted by molar-refractivity contribution is 0.0383. The number of imidazole rings is 1. The Morgan fingerprint density at radius 2 is 1.93 bits per heavy atom. The minimum atomic E-state index is -0.196. The molecule has 2 fully saturated rings. The molecular weight excluding hydrogens is 354 g/mol. The molecule has 1 N–H and O–H groups in total. The summed E-state index contributed by atoms with van der Waals surface area (Å²) in [4.78, 5) is 35.7. The molecule has 1 saturated carbocycles. The van der Waals surface area contributed by atoms with E-state index in [-0.39, 0.29) is 23.3 Å². The minimum Gasteiger partial charge on any atom is -0.345 e. The first-order valence-corrected chi connectivity index (χ1v) is 9.52. The molecule has 4 heterocycles. The van der Waals surface area contributed by atoms with Crippen molar-refractivity contribution in [3.05, 3.63) is 65.9 Å². The first-order valence-electron chi connectivity index (χ1n) is 9.52. The van der Waals surface area contributed by atoms with Gasteiger partial charge in [-0.3, -0.25) is 19.0 Å². The van der Waals surface area contributed by atoms with Gasteiger partial charge in [0.05, 0.1) is 11.8 Å². The molecule has 2 aliphatic rings. The Hall–Kier alpha value is -3.22. The number of aromatic nitrogens is 3. The van der Waals surface area contributed by atoms with Gasteiger partial charge in [-0.05, 0) is 44.0 Å². The number of rotatable bonds is 4. The lowest BCUT2D eigenvalue weighted by Gasteiger charge is -2.44. The van der Waals surface area contributed by atoms with Crippen molar-refractivity contribution in [2.24, 2.45) is 5.92 Å². The number of carbonyl (C=O) groups is 2. The van der Waals surface area contributed by atoms with Crippen LogP contribution in [0.15, 0.2) is 48.9 Å². The second-order valence-electron chi connectivity index (χ2n) is 7.78. The molecule has 0 bridgehead atoms. The highest BCUT2D eigenvalue weighted by Crippen LogP contribution is 2.46. The Morgan fingerprint density at radius 1 is 1.11 bits per heavy atom. The molecule has 3 aromatic heterocycles. The van der Waals surface area contributed by atoms with E-state index < -0.39 is 0 Å². The number of likely N-dealkylation sites (tertiary alicyclic amines) is 1. The maximum atomic E-state index is 12.8. The molecule has 0 atom stereocenters. The highest BCUT2D eigenvalue weighted by molar-refractivity contribution is 5.95. The molecule has 0 radical (unpaired) electrons. The summed E-state index contributed by atoms with van der Waals surface area (Å²) in [5.41, 5.74) is 2.61. The van der Waals surface area contributed by atoms with Crippen molar-refractivity contribution in [2.45, 2.75) is 25.3 Å². The van der Waals surface area contributed by atoms with Crippen LogP contribution in [0.1, 0.15) is 39.4 Å². The summed E-state index contributed by atoms with van der Waals surface area (Å²) in [6.07, 6.45) is 6.99. The van der Waals surface area contributed by atoms with Gasteiger partial charge >= 0.3 is 0 Å². The molecule has 0 unspecified atom stereocenters. The van der Waals surface area contributed by atoms with E-state index in [2.05, 4.69) is 15.3 Å². The third-order valence-corrected chi connectivity index (χ3v) is 5.91. The molecule has 1 aliphatic carbocycles. The summed E-state index contributed by atoms with van der Waals surface area (Å²) in [7, 11) is 0. The lowest BCUT2D eigenvalue weighted by Crippen LogP contribution is -2.59. The van der Waals surface area contributed by atoms with Gasteiger partial charge in [0, 0.05) is 42.6 Å². The third kappa shape index (κ3) is 2.74. The van der Waals surface area contributed by atoms with Crippen LogP contribution >= 0.6 is 0 Å². The lowest BCUT2D eigenvalue weighted by atomic mass is 9.88. The molecule has 5 rings (SSSR count). The Labute approximate surface area is 162 Å². The second-order valence-corrected chi connectivity index (χ2v) is 7.78. The number of aryl methyl sites for hydroxylation is 1. The predicted octanol–water partition coefficient (Wildman–Crippen LogP) is 2.07. The summed E-state index contributed by atoms with van der Waals surface area (Å²) < 4.78 is 1.80. The van der Waals surface area contributed by atoms with Crippen LogP contribution in [0.5, 0.6) is 0 Å². The maximum absolute atomic E-state index is 12.8. The van der Waals surface area contributed by atoms with Crippen molar-refractivity contribution in [2.75, 3.05) is 13.1 Å². The van der Waals surface area contributed by atoms with Crippen LogP contribution < -0.4 is 5.32 Å². The fraction of sp³-hybridized carbons (Fsp3) is 0.333. The van der Waals surface area contributed by atoms with Crippen molar-refractivity contribution >= 4 is 17.5 Å². The van der Waals surface area contributed by atoms with Gasteiger partial charge in [0.2, 0.25) is 0 Å². The highest BCUT2D eigenvalue weighted by Gasteiger charge is 2.55. The van der Waals surface area contributed by atoms with Gasteiger partial charge in [0.25, 0.3) is 11.8 Å².